The molecule has 5 nitrogen and oxygen atoms in total. The van der Waals surface area contributed by atoms with Crippen LogP contribution in [0.15, 0.2) is 48.7 Å². The molecule has 2 aromatic carbocycles. The normalized spacial score (nSPS) is 16.6. The summed E-state index contributed by atoms with van der Waals surface area (Å²) in [7, 11) is 0. The molecule has 0 aliphatic carbocycles. The minimum absolute atomic E-state index is 0.193. The highest BCUT2D eigenvalue weighted by Crippen LogP contribution is 2.30. The van der Waals surface area contributed by atoms with Crippen molar-refractivity contribution in [3.63, 3.8) is 0 Å². The van der Waals surface area contributed by atoms with Crippen molar-refractivity contribution in [2.24, 2.45) is 0 Å². The number of fused-ring (bicyclic) bond motifs is 2. The van der Waals surface area contributed by atoms with Crippen LogP contribution >= 0.6 is 0 Å². The molecule has 0 bridgehead atoms. The molecule has 3 aromatic rings. The lowest BCUT2D eigenvalue weighted by molar-refractivity contribution is -0.131. The predicted molar refractivity (Wildman–Crippen MR) is 115 cm³/mol. The Morgan fingerprint density at radius 1 is 1.07 bits per heavy atom. The molecule has 0 atom stereocenters. The second-order valence-corrected chi connectivity index (χ2v) is 8.01. The summed E-state index contributed by atoms with van der Waals surface area (Å²) in [4.78, 5) is 20.7. The van der Waals surface area contributed by atoms with E-state index < -0.39 is 0 Å². The standard InChI is InChI=1S/C24H27N3O2/c28-24(10-7-18-16-25-22-6-2-1-5-21(18)22)27-13-14-29-23-9-8-20(15-19(23)17-27)26-11-3-4-12-26/h1-2,5-6,8-9,15-16,25H,3-4,7,10-14,17H2. The molecule has 5 rings (SSSR count). The Bertz CT molecular complexity index is 1020. The van der Waals surface area contributed by atoms with E-state index in [2.05, 4.69) is 40.2 Å². The molecule has 0 saturated carbocycles. The molecule has 0 unspecified atom stereocenters. The van der Waals surface area contributed by atoms with Crippen molar-refractivity contribution in [2.75, 3.05) is 31.1 Å². The SMILES string of the molecule is O=C(CCc1c[nH]c2ccccc12)N1CCOc2ccc(N3CCCC3)cc2C1. The first-order chi connectivity index (χ1) is 14.3. The summed E-state index contributed by atoms with van der Waals surface area (Å²) in [5.41, 5.74) is 4.70. The lowest BCUT2D eigenvalue weighted by atomic mass is 10.1. The monoisotopic (exact) mass is 389 g/mol. The highest BCUT2D eigenvalue weighted by Gasteiger charge is 2.22. The van der Waals surface area contributed by atoms with Gasteiger partial charge in [0.05, 0.1) is 6.54 Å². The van der Waals surface area contributed by atoms with E-state index in [0.29, 0.717) is 26.1 Å². The van der Waals surface area contributed by atoms with Gasteiger partial charge in [-0.1, -0.05) is 18.2 Å². The van der Waals surface area contributed by atoms with Crippen LogP contribution < -0.4 is 9.64 Å². The number of carbonyl (C=O) groups is 1. The van der Waals surface area contributed by atoms with E-state index in [4.69, 9.17) is 4.74 Å². The molecular weight excluding hydrogens is 362 g/mol. The average Bonchev–Trinajstić information content (AvgIpc) is 3.37. The van der Waals surface area contributed by atoms with Gasteiger partial charge in [0.15, 0.2) is 0 Å². The van der Waals surface area contributed by atoms with Gasteiger partial charge in [-0.15, -0.1) is 0 Å². The summed E-state index contributed by atoms with van der Waals surface area (Å²) < 4.78 is 5.94. The molecule has 1 amide bonds. The van der Waals surface area contributed by atoms with E-state index in [0.717, 1.165) is 36.3 Å². The smallest absolute Gasteiger partial charge is 0.223 e. The van der Waals surface area contributed by atoms with Crippen molar-refractivity contribution in [2.45, 2.75) is 32.2 Å². The van der Waals surface area contributed by atoms with Gasteiger partial charge in [0, 0.05) is 54.4 Å². The van der Waals surface area contributed by atoms with Crippen molar-refractivity contribution >= 4 is 22.5 Å². The number of carbonyl (C=O) groups excluding carboxylic acids is 1. The molecule has 2 aliphatic heterocycles. The highest BCUT2D eigenvalue weighted by atomic mass is 16.5. The molecule has 1 saturated heterocycles. The largest absolute Gasteiger partial charge is 0.491 e. The van der Waals surface area contributed by atoms with Crippen LogP contribution in [0.1, 0.15) is 30.4 Å². The van der Waals surface area contributed by atoms with Crippen LogP contribution in [-0.2, 0) is 17.8 Å². The van der Waals surface area contributed by atoms with Crippen LogP contribution in [0.4, 0.5) is 5.69 Å². The number of aryl methyl sites for hydroxylation is 1. The molecule has 1 aromatic heterocycles. The fourth-order valence-corrected chi connectivity index (χ4v) is 4.50. The lowest BCUT2D eigenvalue weighted by Crippen LogP contribution is -2.32. The molecule has 150 valence electrons. The number of amides is 1. The molecule has 2 aliphatic rings. The zero-order valence-corrected chi connectivity index (χ0v) is 16.7. The molecule has 3 heterocycles. The van der Waals surface area contributed by atoms with Crippen molar-refractivity contribution in [3.05, 3.63) is 59.8 Å². The van der Waals surface area contributed by atoms with Crippen molar-refractivity contribution in [1.29, 1.82) is 0 Å². The Labute approximate surface area is 171 Å². The van der Waals surface area contributed by atoms with Crippen LogP contribution in [0.25, 0.3) is 10.9 Å². The summed E-state index contributed by atoms with van der Waals surface area (Å²) in [6.45, 7) is 4.05. The molecular formula is C24H27N3O2. The zero-order chi connectivity index (χ0) is 19.6. The van der Waals surface area contributed by atoms with E-state index in [9.17, 15) is 4.79 Å². The molecule has 29 heavy (non-hydrogen) atoms. The van der Waals surface area contributed by atoms with Gasteiger partial charge < -0.3 is 19.5 Å². The number of aromatic amines is 1. The second kappa shape index (κ2) is 7.82. The van der Waals surface area contributed by atoms with Gasteiger partial charge in [0.2, 0.25) is 5.91 Å². The van der Waals surface area contributed by atoms with Gasteiger partial charge in [0.1, 0.15) is 12.4 Å². The number of hydrogen-bond acceptors (Lipinski definition) is 3. The fourth-order valence-electron chi connectivity index (χ4n) is 4.50. The van der Waals surface area contributed by atoms with E-state index in [1.54, 1.807) is 0 Å². The van der Waals surface area contributed by atoms with Gasteiger partial charge in [-0.25, -0.2) is 0 Å². The summed E-state index contributed by atoms with van der Waals surface area (Å²) in [5, 5.41) is 1.21. The maximum absolute atomic E-state index is 13.0. The molecule has 1 fully saturated rings. The number of nitrogens with zero attached hydrogens (tertiary/aromatic N) is 2. The lowest BCUT2D eigenvalue weighted by Gasteiger charge is -2.22. The first-order valence-electron chi connectivity index (χ1n) is 10.6. The number of hydrogen-bond donors (Lipinski definition) is 1. The number of rotatable bonds is 4. The Balaban J connectivity index is 1.28. The Hall–Kier alpha value is -2.95. The van der Waals surface area contributed by atoms with Crippen LogP contribution in [0.5, 0.6) is 5.75 Å². The van der Waals surface area contributed by atoms with Crippen molar-refractivity contribution in [3.8, 4) is 5.75 Å². The number of anilines is 1. The summed E-state index contributed by atoms with van der Waals surface area (Å²) >= 11 is 0. The van der Waals surface area contributed by atoms with Crippen molar-refractivity contribution < 1.29 is 9.53 Å². The third-order valence-electron chi connectivity index (χ3n) is 6.13. The summed E-state index contributed by atoms with van der Waals surface area (Å²) in [6.07, 6.45) is 5.81. The maximum atomic E-state index is 13.0. The third kappa shape index (κ3) is 3.69. The Kier molecular flexibility index (Phi) is 4.88. The Morgan fingerprint density at radius 3 is 2.83 bits per heavy atom. The van der Waals surface area contributed by atoms with Crippen LogP contribution in [0.2, 0.25) is 0 Å². The third-order valence-corrected chi connectivity index (χ3v) is 6.13. The quantitative estimate of drug-likeness (QED) is 0.730. The van der Waals surface area contributed by atoms with E-state index in [-0.39, 0.29) is 5.91 Å². The van der Waals surface area contributed by atoms with Crippen LogP contribution in [0, 0.1) is 0 Å². The Morgan fingerprint density at radius 2 is 1.93 bits per heavy atom. The maximum Gasteiger partial charge on any atom is 0.223 e. The average molecular weight is 389 g/mol. The van der Waals surface area contributed by atoms with Crippen molar-refractivity contribution in [1.82, 2.24) is 9.88 Å². The first-order valence-corrected chi connectivity index (χ1v) is 10.6. The number of benzene rings is 2. The molecule has 1 N–H and O–H groups in total. The first kappa shape index (κ1) is 18.1. The van der Waals surface area contributed by atoms with E-state index in [1.165, 1.54) is 29.5 Å². The van der Waals surface area contributed by atoms with Gasteiger partial charge in [-0.2, -0.15) is 0 Å². The van der Waals surface area contributed by atoms with Gasteiger partial charge in [0.25, 0.3) is 0 Å². The van der Waals surface area contributed by atoms with Gasteiger partial charge in [-0.05, 0) is 49.1 Å². The number of para-hydroxylation sites is 1. The summed E-state index contributed by atoms with van der Waals surface area (Å²) in [6, 6.07) is 14.7. The number of aromatic nitrogens is 1. The van der Waals surface area contributed by atoms with Crippen LogP contribution in [0.3, 0.4) is 0 Å². The number of ether oxygens (including phenoxy) is 1. The predicted octanol–water partition coefficient (Wildman–Crippen LogP) is 4.12. The van der Waals surface area contributed by atoms with Gasteiger partial charge >= 0.3 is 0 Å². The number of H-pyrrole nitrogens is 1. The molecule has 5 heteroatoms. The topological polar surface area (TPSA) is 48.6 Å². The van der Waals surface area contributed by atoms with E-state index in [1.807, 2.05) is 23.2 Å². The van der Waals surface area contributed by atoms with Gasteiger partial charge in [-0.3, -0.25) is 4.79 Å². The van der Waals surface area contributed by atoms with E-state index >= 15 is 0 Å². The second-order valence-electron chi connectivity index (χ2n) is 8.01. The minimum Gasteiger partial charge on any atom is -0.491 e. The molecule has 0 radical (unpaired) electrons. The van der Waals surface area contributed by atoms with Crippen LogP contribution in [-0.4, -0.2) is 42.0 Å². The summed E-state index contributed by atoms with van der Waals surface area (Å²) in [5.74, 6) is 1.11. The zero-order valence-electron chi connectivity index (χ0n) is 16.7. The number of nitrogens with one attached hydrogen (secondary N) is 1. The molecule has 0 spiro atoms. The highest BCUT2D eigenvalue weighted by molar-refractivity contribution is 5.84. The minimum atomic E-state index is 0.193. The fraction of sp³-hybridized carbons (Fsp3) is 0.375.